The first-order valence-electron chi connectivity index (χ1n) is 7.62. The quantitative estimate of drug-likeness (QED) is 0.765. The number of benzene rings is 1. The number of nitrogens with one attached hydrogen (secondary N) is 1. The van der Waals surface area contributed by atoms with Crippen LogP contribution in [0, 0.1) is 12.8 Å². The minimum absolute atomic E-state index is 0.0667. The van der Waals surface area contributed by atoms with Crippen molar-refractivity contribution in [2.45, 2.75) is 52.5 Å². The van der Waals surface area contributed by atoms with Crippen molar-refractivity contribution in [2.75, 3.05) is 6.54 Å². The van der Waals surface area contributed by atoms with Crippen LogP contribution in [0.4, 0.5) is 0 Å². The van der Waals surface area contributed by atoms with E-state index in [1.807, 2.05) is 13.0 Å². The summed E-state index contributed by atoms with van der Waals surface area (Å²) in [5, 5.41) is 3.07. The molecule has 0 spiro atoms. The highest BCUT2D eigenvalue weighted by atomic mass is 16.1. The molecule has 0 aliphatic rings. The van der Waals surface area contributed by atoms with Crippen LogP contribution < -0.4 is 11.1 Å². The van der Waals surface area contributed by atoms with E-state index < -0.39 is 0 Å². The summed E-state index contributed by atoms with van der Waals surface area (Å²) in [5.74, 6) is 0.703. The lowest BCUT2D eigenvalue weighted by Crippen LogP contribution is -2.27. The molecular weight excluding hydrogens is 248 g/mol. The van der Waals surface area contributed by atoms with Crippen molar-refractivity contribution in [3.63, 3.8) is 0 Å². The topological polar surface area (TPSA) is 55.1 Å². The molecule has 1 aromatic rings. The summed E-state index contributed by atoms with van der Waals surface area (Å²) in [7, 11) is 0. The second kappa shape index (κ2) is 8.75. The van der Waals surface area contributed by atoms with Crippen LogP contribution in [0.15, 0.2) is 24.3 Å². The molecule has 1 aromatic carbocycles. The molecule has 3 N–H and O–H groups in total. The standard InChI is InChI=1S/C17H28N2O/c1-4-15(10-11-18)8-9-17(20)19-14(3)16-7-5-6-13(2)12-16/h5-7,12,14-15H,4,8-11,18H2,1-3H3,(H,19,20)/t14-,15?/m1/s1. The van der Waals surface area contributed by atoms with E-state index in [0.717, 1.165) is 24.8 Å². The van der Waals surface area contributed by atoms with E-state index in [1.54, 1.807) is 0 Å². The van der Waals surface area contributed by atoms with Gasteiger partial charge in [0.05, 0.1) is 6.04 Å². The van der Waals surface area contributed by atoms with Gasteiger partial charge in [0.2, 0.25) is 5.91 Å². The van der Waals surface area contributed by atoms with Crippen molar-refractivity contribution >= 4 is 5.91 Å². The maximum Gasteiger partial charge on any atom is 0.220 e. The van der Waals surface area contributed by atoms with Crippen LogP contribution in [-0.2, 0) is 4.79 Å². The van der Waals surface area contributed by atoms with E-state index in [2.05, 4.69) is 37.4 Å². The molecule has 0 saturated carbocycles. The van der Waals surface area contributed by atoms with E-state index in [0.29, 0.717) is 18.9 Å². The third kappa shape index (κ3) is 5.74. The Morgan fingerprint density at radius 3 is 2.70 bits per heavy atom. The Morgan fingerprint density at radius 2 is 2.10 bits per heavy atom. The van der Waals surface area contributed by atoms with Crippen LogP contribution in [0.25, 0.3) is 0 Å². The Morgan fingerprint density at radius 1 is 1.35 bits per heavy atom. The first-order chi connectivity index (χ1) is 9.56. The summed E-state index contributed by atoms with van der Waals surface area (Å²) < 4.78 is 0. The van der Waals surface area contributed by atoms with Crippen molar-refractivity contribution in [3.8, 4) is 0 Å². The van der Waals surface area contributed by atoms with Crippen molar-refractivity contribution < 1.29 is 4.79 Å². The largest absolute Gasteiger partial charge is 0.350 e. The molecule has 3 nitrogen and oxygen atoms in total. The predicted octanol–water partition coefficient (Wildman–Crippen LogP) is 3.33. The Hall–Kier alpha value is -1.35. The molecule has 0 radical (unpaired) electrons. The SMILES string of the molecule is CCC(CCN)CCC(=O)N[C@H](C)c1cccc(C)c1. The fourth-order valence-electron chi connectivity index (χ4n) is 2.46. The summed E-state index contributed by atoms with van der Waals surface area (Å²) in [6.45, 7) is 6.97. The molecule has 1 unspecified atom stereocenters. The van der Waals surface area contributed by atoms with Gasteiger partial charge in [0.15, 0.2) is 0 Å². The molecule has 3 heteroatoms. The fourth-order valence-corrected chi connectivity index (χ4v) is 2.46. The number of hydrogen-bond donors (Lipinski definition) is 2. The second-order valence-corrected chi connectivity index (χ2v) is 5.59. The van der Waals surface area contributed by atoms with Crippen LogP contribution in [0.2, 0.25) is 0 Å². The molecule has 0 aromatic heterocycles. The third-order valence-electron chi connectivity index (χ3n) is 3.85. The first-order valence-corrected chi connectivity index (χ1v) is 7.62. The van der Waals surface area contributed by atoms with Crippen molar-refractivity contribution in [1.29, 1.82) is 0 Å². The molecule has 2 atom stereocenters. The first kappa shape index (κ1) is 16.7. The monoisotopic (exact) mass is 276 g/mol. The van der Waals surface area contributed by atoms with E-state index in [-0.39, 0.29) is 11.9 Å². The average Bonchev–Trinajstić information content (AvgIpc) is 2.43. The zero-order valence-corrected chi connectivity index (χ0v) is 13.0. The lowest BCUT2D eigenvalue weighted by Gasteiger charge is -2.17. The van der Waals surface area contributed by atoms with Crippen LogP contribution >= 0.6 is 0 Å². The molecule has 20 heavy (non-hydrogen) atoms. The van der Waals surface area contributed by atoms with E-state index in [1.165, 1.54) is 5.56 Å². The third-order valence-corrected chi connectivity index (χ3v) is 3.85. The number of hydrogen-bond acceptors (Lipinski definition) is 2. The van der Waals surface area contributed by atoms with E-state index >= 15 is 0 Å². The lowest BCUT2D eigenvalue weighted by atomic mass is 9.96. The van der Waals surface area contributed by atoms with Crippen LogP contribution in [-0.4, -0.2) is 12.5 Å². The zero-order chi connectivity index (χ0) is 15.0. The number of nitrogens with two attached hydrogens (primary N) is 1. The zero-order valence-electron chi connectivity index (χ0n) is 13.0. The normalized spacial score (nSPS) is 13.8. The summed E-state index contributed by atoms with van der Waals surface area (Å²) in [6, 6.07) is 8.34. The summed E-state index contributed by atoms with van der Waals surface area (Å²) >= 11 is 0. The van der Waals surface area contributed by atoms with Gasteiger partial charge in [-0.05, 0) is 44.7 Å². The van der Waals surface area contributed by atoms with Gasteiger partial charge in [-0.2, -0.15) is 0 Å². The van der Waals surface area contributed by atoms with Crippen LogP contribution in [0.3, 0.4) is 0 Å². The Bertz CT molecular complexity index is 417. The molecule has 0 fully saturated rings. The number of aryl methyl sites for hydroxylation is 1. The molecule has 112 valence electrons. The fraction of sp³-hybridized carbons (Fsp3) is 0.588. The maximum absolute atomic E-state index is 12.0. The van der Waals surface area contributed by atoms with Gasteiger partial charge in [0.1, 0.15) is 0 Å². The van der Waals surface area contributed by atoms with E-state index in [4.69, 9.17) is 5.73 Å². The maximum atomic E-state index is 12.0. The van der Waals surface area contributed by atoms with Gasteiger partial charge in [-0.1, -0.05) is 43.2 Å². The van der Waals surface area contributed by atoms with Crippen LogP contribution in [0.5, 0.6) is 0 Å². The van der Waals surface area contributed by atoms with Crippen molar-refractivity contribution in [3.05, 3.63) is 35.4 Å². The lowest BCUT2D eigenvalue weighted by molar-refractivity contribution is -0.122. The van der Waals surface area contributed by atoms with Crippen molar-refractivity contribution in [2.24, 2.45) is 11.7 Å². The molecular formula is C17H28N2O. The molecule has 0 aliphatic carbocycles. The van der Waals surface area contributed by atoms with Crippen molar-refractivity contribution in [1.82, 2.24) is 5.32 Å². The molecule has 0 aliphatic heterocycles. The van der Waals surface area contributed by atoms with Gasteiger partial charge in [-0.3, -0.25) is 4.79 Å². The molecule has 0 saturated heterocycles. The van der Waals surface area contributed by atoms with Gasteiger partial charge >= 0.3 is 0 Å². The minimum Gasteiger partial charge on any atom is -0.350 e. The summed E-state index contributed by atoms with van der Waals surface area (Å²) in [6.07, 6.45) is 3.63. The molecule has 0 bridgehead atoms. The smallest absolute Gasteiger partial charge is 0.220 e. The van der Waals surface area contributed by atoms with Gasteiger partial charge in [0, 0.05) is 6.42 Å². The number of rotatable bonds is 8. The minimum atomic E-state index is 0.0667. The number of carbonyl (C=O) groups excluding carboxylic acids is 1. The number of amides is 1. The Labute approximate surface area is 122 Å². The Balaban J connectivity index is 2.42. The Kier molecular flexibility index (Phi) is 7.31. The van der Waals surface area contributed by atoms with Gasteiger partial charge in [-0.15, -0.1) is 0 Å². The van der Waals surface area contributed by atoms with Crippen LogP contribution in [0.1, 0.15) is 56.7 Å². The highest BCUT2D eigenvalue weighted by Crippen LogP contribution is 2.16. The van der Waals surface area contributed by atoms with Gasteiger partial charge < -0.3 is 11.1 Å². The highest BCUT2D eigenvalue weighted by Gasteiger charge is 2.12. The average molecular weight is 276 g/mol. The number of carbonyl (C=O) groups is 1. The molecule has 1 amide bonds. The summed E-state index contributed by atoms with van der Waals surface area (Å²) in [4.78, 5) is 12.0. The second-order valence-electron chi connectivity index (χ2n) is 5.59. The van der Waals surface area contributed by atoms with Gasteiger partial charge in [0.25, 0.3) is 0 Å². The predicted molar refractivity (Wildman–Crippen MR) is 84.4 cm³/mol. The molecule has 1 rings (SSSR count). The summed E-state index contributed by atoms with van der Waals surface area (Å²) in [5.41, 5.74) is 7.96. The molecule has 0 heterocycles. The van der Waals surface area contributed by atoms with E-state index in [9.17, 15) is 4.79 Å². The highest BCUT2D eigenvalue weighted by molar-refractivity contribution is 5.76. The van der Waals surface area contributed by atoms with Gasteiger partial charge in [-0.25, -0.2) is 0 Å².